The van der Waals surface area contributed by atoms with E-state index in [1.807, 2.05) is 0 Å². The molecule has 0 saturated carbocycles. The van der Waals surface area contributed by atoms with Gasteiger partial charge in [0.05, 0.1) is 0 Å². The van der Waals surface area contributed by atoms with E-state index in [1.165, 1.54) is 13.8 Å². The van der Waals surface area contributed by atoms with Gasteiger partial charge in [0.25, 0.3) is 0 Å². The Balaban J connectivity index is 3.74. The van der Waals surface area contributed by atoms with Crippen LogP contribution in [0.1, 0.15) is 26.7 Å². The van der Waals surface area contributed by atoms with Gasteiger partial charge in [0.2, 0.25) is 5.91 Å². The molecular formula is C8H13NO4. The SMILES string of the molecule is CC(=O)CCC(=O)NC(C)C(=O)O. The third-order valence-corrected chi connectivity index (χ3v) is 1.45. The zero-order valence-electron chi connectivity index (χ0n) is 7.66. The van der Waals surface area contributed by atoms with E-state index < -0.39 is 17.9 Å². The molecule has 0 aliphatic carbocycles. The van der Waals surface area contributed by atoms with Crippen molar-refractivity contribution in [3.63, 3.8) is 0 Å². The number of nitrogens with one attached hydrogen (secondary N) is 1. The zero-order chi connectivity index (χ0) is 10.4. The number of hydrogen-bond donors (Lipinski definition) is 2. The van der Waals surface area contributed by atoms with Crippen LogP contribution < -0.4 is 5.32 Å². The van der Waals surface area contributed by atoms with Crippen LogP contribution in [0.15, 0.2) is 0 Å². The Morgan fingerprint density at radius 2 is 1.85 bits per heavy atom. The maximum Gasteiger partial charge on any atom is 0.325 e. The summed E-state index contributed by atoms with van der Waals surface area (Å²) in [5.74, 6) is -1.58. The minimum absolute atomic E-state index is 0.0486. The van der Waals surface area contributed by atoms with Crippen molar-refractivity contribution in [2.75, 3.05) is 0 Å². The van der Waals surface area contributed by atoms with Gasteiger partial charge in [-0.15, -0.1) is 0 Å². The maximum absolute atomic E-state index is 10.9. The Morgan fingerprint density at radius 1 is 1.31 bits per heavy atom. The fraction of sp³-hybridized carbons (Fsp3) is 0.625. The van der Waals surface area contributed by atoms with E-state index >= 15 is 0 Å². The Labute approximate surface area is 76.1 Å². The molecule has 0 fully saturated rings. The molecule has 2 N–H and O–H groups in total. The number of amides is 1. The fourth-order valence-electron chi connectivity index (χ4n) is 0.665. The number of carboxylic acids is 1. The summed E-state index contributed by atoms with van der Waals surface area (Å²) in [5.41, 5.74) is 0. The van der Waals surface area contributed by atoms with E-state index in [0.717, 1.165) is 0 Å². The summed E-state index contributed by atoms with van der Waals surface area (Å²) in [6, 6.07) is -0.903. The molecule has 0 aliphatic rings. The molecule has 5 heteroatoms. The molecule has 0 aliphatic heterocycles. The van der Waals surface area contributed by atoms with Gasteiger partial charge in [-0.05, 0) is 13.8 Å². The van der Waals surface area contributed by atoms with Crippen LogP contribution in [-0.4, -0.2) is 28.8 Å². The molecule has 0 spiro atoms. The molecule has 1 unspecified atom stereocenters. The Morgan fingerprint density at radius 3 is 2.23 bits per heavy atom. The molecule has 0 aromatic rings. The summed E-state index contributed by atoms with van der Waals surface area (Å²) >= 11 is 0. The summed E-state index contributed by atoms with van der Waals surface area (Å²) in [6.07, 6.45) is 0.200. The molecule has 0 heterocycles. The highest BCUT2D eigenvalue weighted by atomic mass is 16.4. The molecule has 5 nitrogen and oxygen atoms in total. The summed E-state index contributed by atoms with van der Waals surface area (Å²) in [7, 11) is 0. The van der Waals surface area contributed by atoms with Crippen LogP contribution in [-0.2, 0) is 14.4 Å². The largest absolute Gasteiger partial charge is 0.480 e. The number of rotatable bonds is 5. The highest BCUT2D eigenvalue weighted by molar-refractivity contribution is 5.86. The van der Waals surface area contributed by atoms with Crippen molar-refractivity contribution in [2.24, 2.45) is 0 Å². The number of carboxylic acid groups (broad SMARTS) is 1. The second-order valence-electron chi connectivity index (χ2n) is 2.83. The van der Waals surface area contributed by atoms with Crippen LogP contribution in [0, 0.1) is 0 Å². The molecule has 0 aromatic heterocycles. The van der Waals surface area contributed by atoms with Crippen molar-refractivity contribution < 1.29 is 19.5 Å². The van der Waals surface area contributed by atoms with E-state index in [2.05, 4.69) is 5.32 Å². The predicted molar refractivity (Wildman–Crippen MR) is 45.2 cm³/mol. The lowest BCUT2D eigenvalue weighted by atomic mass is 10.2. The number of carbonyl (C=O) groups is 3. The number of hydrogen-bond acceptors (Lipinski definition) is 3. The maximum atomic E-state index is 10.9. The average molecular weight is 187 g/mol. The van der Waals surface area contributed by atoms with E-state index in [4.69, 9.17) is 5.11 Å². The first-order valence-corrected chi connectivity index (χ1v) is 3.95. The first kappa shape index (κ1) is 11.6. The van der Waals surface area contributed by atoms with E-state index in [-0.39, 0.29) is 18.6 Å². The van der Waals surface area contributed by atoms with Crippen LogP contribution in [0.2, 0.25) is 0 Å². The van der Waals surface area contributed by atoms with E-state index in [0.29, 0.717) is 0 Å². The highest BCUT2D eigenvalue weighted by Crippen LogP contribution is 1.91. The summed E-state index contributed by atoms with van der Waals surface area (Å²) < 4.78 is 0. The molecule has 1 amide bonds. The lowest BCUT2D eigenvalue weighted by Gasteiger charge is -2.07. The van der Waals surface area contributed by atoms with Gasteiger partial charge in [0, 0.05) is 12.8 Å². The second-order valence-corrected chi connectivity index (χ2v) is 2.83. The van der Waals surface area contributed by atoms with Gasteiger partial charge < -0.3 is 15.2 Å². The molecule has 0 radical (unpaired) electrons. The molecule has 0 saturated heterocycles. The highest BCUT2D eigenvalue weighted by Gasteiger charge is 2.13. The van der Waals surface area contributed by atoms with Gasteiger partial charge in [0.15, 0.2) is 0 Å². The minimum Gasteiger partial charge on any atom is -0.480 e. The van der Waals surface area contributed by atoms with Crippen molar-refractivity contribution in [3.05, 3.63) is 0 Å². The molecule has 1 atom stereocenters. The standard InChI is InChI=1S/C8H13NO4/c1-5(10)3-4-7(11)9-6(2)8(12)13/h6H,3-4H2,1-2H3,(H,9,11)(H,12,13). The van der Waals surface area contributed by atoms with Gasteiger partial charge in [-0.3, -0.25) is 9.59 Å². The number of Topliss-reactive ketones (excluding diaryl/α,β-unsaturated/α-hetero) is 1. The topological polar surface area (TPSA) is 83.5 Å². The van der Waals surface area contributed by atoms with Crippen molar-refractivity contribution in [1.29, 1.82) is 0 Å². The fourth-order valence-corrected chi connectivity index (χ4v) is 0.665. The average Bonchev–Trinajstić information content (AvgIpc) is 2.00. The van der Waals surface area contributed by atoms with Gasteiger partial charge in [-0.25, -0.2) is 0 Å². The Bertz CT molecular complexity index is 224. The number of ketones is 1. The first-order chi connectivity index (χ1) is 5.93. The lowest BCUT2D eigenvalue weighted by molar-refractivity contribution is -0.141. The summed E-state index contributed by atoms with van der Waals surface area (Å²) in [6.45, 7) is 2.75. The Kier molecular flexibility index (Phi) is 4.72. The van der Waals surface area contributed by atoms with Crippen LogP contribution >= 0.6 is 0 Å². The van der Waals surface area contributed by atoms with Gasteiger partial charge >= 0.3 is 5.97 Å². The van der Waals surface area contributed by atoms with Crippen LogP contribution in [0.5, 0.6) is 0 Å². The quantitative estimate of drug-likeness (QED) is 0.631. The van der Waals surface area contributed by atoms with Gasteiger partial charge in [0.1, 0.15) is 11.8 Å². The summed E-state index contributed by atoms with van der Waals surface area (Å²) in [4.78, 5) is 31.7. The first-order valence-electron chi connectivity index (χ1n) is 3.95. The van der Waals surface area contributed by atoms with E-state index in [9.17, 15) is 14.4 Å². The van der Waals surface area contributed by atoms with E-state index in [1.54, 1.807) is 0 Å². The predicted octanol–water partition coefficient (Wildman–Crippen LogP) is -0.0551. The Hall–Kier alpha value is -1.39. The van der Waals surface area contributed by atoms with Crippen LogP contribution in [0.4, 0.5) is 0 Å². The van der Waals surface area contributed by atoms with Crippen molar-refractivity contribution in [3.8, 4) is 0 Å². The van der Waals surface area contributed by atoms with Gasteiger partial charge in [-0.1, -0.05) is 0 Å². The third-order valence-electron chi connectivity index (χ3n) is 1.45. The minimum atomic E-state index is -1.09. The van der Waals surface area contributed by atoms with Crippen molar-refractivity contribution in [1.82, 2.24) is 5.32 Å². The molecule has 0 aromatic carbocycles. The number of carbonyl (C=O) groups excluding carboxylic acids is 2. The molecular weight excluding hydrogens is 174 g/mol. The molecule has 0 rings (SSSR count). The molecule has 13 heavy (non-hydrogen) atoms. The van der Waals surface area contributed by atoms with Crippen LogP contribution in [0.25, 0.3) is 0 Å². The van der Waals surface area contributed by atoms with Crippen LogP contribution in [0.3, 0.4) is 0 Å². The summed E-state index contributed by atoms with van der Waals surface area (Å²) in [5, 5.41) is 10.7. The lowest BCUT2D eigenvalue weighted by Crippen LogP contribution is -2.38. The molecule has 0 bridgehead atoms. The second kappa shape index (κ2) is 5.29. The monoisotopic (exact) mass is 187 g/mol. The third kappa shape index (κ3) is 5.84. The molecule has 74 valence electrons. The van der Waals surface area contributed by atoms with Gasteiger partial charge in [-0.2, -0.15) is 0 Å². The normalized spacial score (nSPS) is 11.8. The van der Waals surface area contributed by atoms with Crippen molar-refractivity contribution >= 4 is 17.7 Å². The van der Waals surface area contributed by atoms with Crippen molar-refractivity contribution in [2.45, 2.75) is 32.7 Å². The number of aliphatic carboxylic acids is 1. The zero-order valence-corrected chi connectivity index (χ0v) is 7.66. The smallest absolute Gasteiger partial charge is 0.325 e.